The van der Waals surface area contributed by atoms with Crippen molar-refractivity contribution in [2.75, 3.05) is 0 Å². The lowest BCUT2D eigenvalue weighted by Gasteiger charge is -2.03. The molecule has 0 saturated heterocycles. The molecule has 0 bridgehead atoms. The summed E-state index contributed by atoms with van der Waals surface area (Å²) in [5.74, 6) is -2.42. The van der Waals surface area contributed by atoms with Gasteiger partial charge in [0.15, 0.2) is 11.4 Å². The third kappa shape index (κ3) is 2.71. The zero-order chi connectivity index (χ0) is 15.0. The zero-order valence-electron chi connectivity index (χ0n) is 10.6. The lowest BCUT2D eigenvalue weighted by Crippen LogP contribution is -2.09. The van der Waals surface area contributed by atoms with Crippen LogP contribution in [0.3, 0.4) is 0 Å². The Bertz CT molecular complexity index is 789. The van der Waals surface area contributed by atoms with Crippen LogP contribution >= 0.6 is 15.9 Å². The van der Waals surface area contributed by atoms with Crippen LogP contribution in [0, 0.1) is 11.6 Å². The fourth-order valence-electron chi connectivity index (χ4n) is 2.03. The van der Waals surface area contributed by atoms with Crippen molar-refractivity contribution in [1.82, 2.24) is 4.98 Å². The number of Topliss-reactive ketones (excluding diaryl/α,β-unsaturated/α-hetero) is 1. The summed E-state index contributed by atoms with van der Waals surface area (Å²) in [5, 5.41) is 0. The lowest BCUT2D eigenvalue weighted by atomic mass is 10.1. The highest BCUT2D eigenvalue weighted by Gasteiger charge is 2.20. The highest BCUT2D eigenvalue weighted by Crippen LogP contribution is 2.22. The first-order chi connectivity index (χ1) is 10.0. The predicted octanol–water partition coefficient (Wildman–Crippen LogP) is 4.29. The Hall–Kier alpha value is -2.08. The number of benzene rings is 2. The van der Waals surface area contributed by atoms with E-state index in [1.807, 2.05) is 0 Å². The van der Waals surface area contributed by atoms with Gasteiger partial charge in [-0.1, -0.05) is 28.1 Å². The molecule has 0 radical (unpaired) electrons. The van der Waals surface area contributed by atoms with Crippen LogP contribution in [0.25, 0.3) is 11.1 Å². The number of halogens is 3. The molecule has 1 aromatic heterocycles. The van der Waals surface area contributed by atoms with Gasteiger partial charge in [-0.05, 0) is 24.3 Å². The van der Waals surface area contributed by atoms with E-state index < -0.39 is 23.0 Å². The summed E-state index contributed by atoms with van der Waals surface area (Å²) < 4.78 is 33.1. The number of nitrogens with zero attached hydrogens (tertiary/aromatic N) is 1. The molecule has 21 heavy (non-hydrogen) atoms. The van der Waals surface area contributed by atoms with Gasteiger partial charge in [-0.3, -0.25) is 4.79 Å². The molecule has 0 aliphatic carbocycles. The number of fused-ring (bicyclic) bond motifs is 1. The quantitative estimate of drug-likeness (QED) is 0.661. The highest BCUT2D eigenvalue weighted by molar-refractivity contribution is 9.10. The van der Waals surface area contributed by atoms with Crippen LogP contribution in [0.1, 0.15) is 16.2 Å². The summed E-state index contributed by atoms with van der Waals surface area (Å²) in [4.78, 5) is 16.2. The van der Waals surface area contributed by atoms with Crippen molar-refractivity contribution in [2.45, 2.75) is 6.42 Å². The summed E-state index contributed by atoms with van der Waals surface area (Å²) in [6.45, 7) is 0. The maximum atomic E-state index is 13.7. The van der Waals surface area contributed by atoms with E-state index in [2.05, 4.69) is 20.9 Å². The molecule has 1 heterocycles. The van der Waals surface area contributed by atoms with Crippen LogP contribution in [0.4, 0.5) is 8.78 Å². The van der Waals surface area contributed by atoms with Gasteiger partial charge in [-0.15, -0.1) is 0 Å². The van der Waals surface area contributed by atoms with E-state index in [9.17, 15) is 13.6 Å². The average Bonchev–Trinajstić information content (AvgIpc) is 2.79. The molecule has 0 amide bonds. The van der Waals surface area contributed by atoms with Crippen molar-refractivity contribution < 1.29 is 18.0 Å². The number of ketones is 1. The molecule has 3 nitrogen and oxygen atoms in total. The minimum absolute atomic E-state index is 0.128. The van der Waals surface area contributed by atoms with E-state index in [0.717, 1.165) is 12.1 Å². The van der Waals surface area contributed by atoms with Gasteiger partial charge in [0.1, 0.15) is 17.2 Å². The van der Waals surface area contributed by atoms with Gasteiger partial charge in [0.05, 0.1) is 12.0 Å². The van der Waals surface area contributed by atoms with E-state index >= 15 is 0 Å². The monoisotopic (exact) mass is 351 g/mol. The van der Waals surface area contributed by atoms with Crippen molar-refractivity contribution >= 4 is 32.8 Å². The Kier molecular flexibility index (Phi) is 3.55. The van der Waals surface area contributed by atoms with E-state index in [-0.39, 0.29) is 16.8 Å². The molecular formula is C15H8BrF2NO2. The number of para-hydroxylation sites is 2. The zero-order valence-corrected chi connectivity index (χ0v) is 12.2. The van der Waals surface area contributed by atoms with Gasteiger partial charge in [-0.2, -0.15) is 0 Å². The molecule has 6 heteroatoms. The Balaban J connectivity index is 1.93. The smallest absolute Gasteiger partial charge is 0.203 e. The first-order valence-corrected chi connectivity index (χ1v) is 6.86. The van der Waals surface area contributed by atoms with Crippen LogP contribution < -0.4 is 0 Å². The molecule has 0 atom stereocenters. The summed E-state index contributed by atoms with van der Waals surface area (Å²) >= 11 is 2.96. The number of aromatic nitrogens is 1. The second kappa shape index (κ2) is 5.37. The summed E-state index contributed by atoms with van der Waals surface area (Å²) in [5.41, 5.74) is 0.537. The fourth-order valence-corrected chi connectivity index (χ4v) is 2.43. The average molecular weight is 352 g/mol. The second-order valence-electron chi connectivity index (χ2n) is 4.42. The van der Waals surface area contributed by atoms with Crippen LogP contribution in [0.2, 0.25) is 0 Å². The standard InChI is InChI=1S/C15H8BrF2NO2/c16-8-5-9(17)15(10(18)6-8)12(20)7-14-19-11-3-1-2-4-13(11)21-14/h1-6H,7H2. The molecule has 0 N–H and O–H groups in total. The van der Waals surface area contributed by atoms with Crippen molar-refractivity contribution in [3.63, 3.8) is 0 Å². The number of carbonyl (C=O) groups excluding carboxylic acids is 1. The van der Waals surface area contributed by atoms with Crippen LogP contribution in [-0.2, 0) is 6.42 Å². The highest BCUT2D eigenvalue weighted by atomic mass is 79.9. The number of hydrogen-bond donors (Lipinski definition) is 0. The van der Waals surface area contributed by atoms with E-state index in [1.54, 1.807) is 24.3 Å². The topological polar surface area (TPSA) is 43.1 Å². The molecule has 0 aliphatic rings. The van der Waals surface area contributed by atoms with Gasteiger partial charge >= 0.3 is 0 Å². The Labute approximate surface area is 126 Å². The predicted molar refractivity (Wildman–Crippen MR) is 76.1 cm³/mol. The first-order valence-electron chi connectivity index (χ1n) is 6.07. The molecule has 0 saturated carbocycles. The minimum Gasteiger partial charge on any atom is -0.440 e. The Morgan fingerprint density at radius 2 is 1.86 bits per heavy atom. The molecule has 0 spiro atoms. The van der Waals surface area contributed by atoms with E-state index in [4.69, 9.17) is 4.42 Å². The normalized spacial score (nSPS) is 11.0. The first kappa shape index (κ1) is 13.9. The lowest BCUT2D eigenvalue weighted by molar-refractivity contribution is 0.0978. The second-order valence-corrected chi connectivity index (χ2v) is 5.34. The molecular weight excluding hydrogens is 344 g/mol. The Morgan fingerprint density at radius 3 is 2.52 bits per heavy atom. The van der Waals surface area contributed by atoms with Gasteiger partial charge in [0.2, 0.25) is 5.89 Å². The number of oxazole rings is 1. The maximum Gasteiger partial charge on any atom is 0.203 e. The van der Waals surface area contributed by atoms with E-state index in [1.165, 1.54) is 0 Å². The van der Waals surface area contributed by atoms with E-state index in [0.29, 0.717) is 11.1 Å². The van der Waals surface area contributed by atoms with Crippen molar-refractivity contribution in [3.8, 4) is 0 Å². The largest absolute Gasteiger partial charge is 0.440 e. The number of carbonyl (C=O) groups is 1. The molecule has 0 unspecified atom stereocenters. The van der Waals surface area contributed by atoms with Crippen LogP contribution in [0.5, 0.6) is 0 Å². The van der Waals surface area contributed by atoms with Gasteiger partial charge in [-0.25, -0.2) is 13.8 Å². The molecule has 3 rings (SSSR count). The van der Waals surface area contributed by atoms with Crippen molar-refractivity contribution in [2.24, 2.45) is 0 Å². The van der Waals surface area contributed by atoms with Gasteiger partial charge in [0.25, 0.3) is 0 Å². The molecule has 0 fully saturated rings. The minimum atomic E-state index is -0.914. The summed E-state index contributed by atoms with van der Waals surface area (Å²) in [6.07, 6.45) is -0.301. The van der Waals surface area contributed by atoms with Crippen molar-refractivity contribution in [1.29, 1.82) is 0 Å². The summed E-state index contributed by atoms with van der Waals surface area (Å²) in [7, 11) is 0. The number of rotatable bonds is 3. The number of hydrogen-bond acceptors (Lipinski definition) is 3. The molecule has 0 aliphatic heterocycles. The third-order valence-electron chi connectivity index (χ3n) is 2.94. The molecule has 3 aromatic rings. The molecule has 106 valence electrons. The molecule has 2 aromatic carbocycles. The van der Waals surface area contributed by atoms with Gasteiger partial charge < -0.3 is 4.42 Å². The Morgan fingerprint density at radius 1 is 1.19 bits per heavy atom. The van der Waals surface area contributed by atoms with Crippen LogP contribution in [0.15, 0.2) is 45.3 Å². The van der Waals surface area contributed by atoms with Gasteiger partial charge in [0, 0.05) is 4.47 Å². The van der Waals surface area contributed by atoms with Crippen LogP contribution in [-0.4, -0.2) is 10.8 Å². The maximum absolute atomic E-state index is 13.7. The van der Waals surface area contributed by atoms with Crippen molar-refractivity contribution in [3.05, 3.63) is 64.0 Å². The third-order valence-corrected chi connectivity index (χ3v) is 3.39. The SMILES string of the molecule is O=C(Cc1nc2ccccc2o1)c1c(F)cc(Br)cc1F. The summed E-state index contributed by atoms with van der Waals surface area (Å²) in [6, 6.07) is 9.08. The fraction of sp³-hybridized carbons (Fsp3) is 0.0667.